The Hall–Kier alpha value is -1.95. The molecule has 1 heterocycles. The summed E-state index contributed by atoms with van der Waals surface area (Å²) in [6, 6.07) is 8.85. The van der Waals surface area contributed by atoms with Crippen LogP contribution in [0.3, 0.4) is 0 Å². The summed E-state index contributed by atoms with van der Waals surface area (Å²) in [5.74, 6) is 1.34. The zero-order valence-electron chi connectivity index (χ0n) is 15.6. The SMILES string of the molecule is CN=C(NCC(C)N(C)C1CC1)N1CCN(c2ccccc2O)CC1. The molecule has 3 rings (SSSR count). The highest BCUT2D eigenvalue weighted by molar-refractivity contribution is 5.80. The number of guanidine groups is 1. The smallest absolute Gasteiger partial charge is 0.193 e. The van der Waals surface area contributed by atoms with E-state index in [9.17, 15) is 5.11 Å². The van der Waals surface area contributed by atoms with Gasteiger partial charge in [0.1, 0.15) is 5.75 Å². The fourth-order valence-corrected chi connectivity index (χ4v) is 3.45. The number of rotatable bonds is 5. The topological polar surface area (TPSA) is 54.3 Å². The summed E-state index contributed by atoms with van der Waals surface area (Å²) >= 11 is 0. The van der Waals surface area contributed by atoms with Gasteiger partial charge in [-0.15, -0.1) is 0 Å². The third-order valence-electron chi connectivity index (χ3n) is 5.39. The van der Waals surface area contributed by atoms with E-state index in [4.69, 9.17) is 0 Å². The molecule has 138 valence electrons. The normalized spacial score (nSPS) is 20.1. The maximum atomic E-state index is 10.0. The highest BCUT2D eigenvalue weighted by atomic mass is 16.3. The standard InChI is InChI=1S/C19H31N5O/c1-15(22(3)16-8-9-16)14-21-19(20-2)24-12-10-23(11-13-24)17-6-4-5-7-18(17)25/h4-7,15-16,25H,8-14H2,1-3H3,(H,20,21). The zero-order valence-corrected chi connectivity index (χ0v) is 15.6. The van der Waals surface area contributed by atoms with E-state index in [0.717, 1.165) is 50.4 Å². The first-order valence-electron chi connectivity index (χ1n) is 9.30. The Morgan fingerprint density at radius 3 is 2.56 bits per heavy atom. The Morgan fingerprint density at radius 2 is 1.96 bits per heavy atom. The van der Waals surface area contributed by atoms with Crippen LogP contribution in [0.5, 0.6) is 5.75 Å². The molecule has 6 nitrogen and oxygen atoms in total. The second kappa shape index (κ2) is 7.95. The van der Waals surface area contributed by atoms with Crippen LogP contribution in [0, 0.1) is 0 Å². The molecule has 0 aromatic heterocycles. The summed E-state index contributed by atoms with van der Waals surface area (Å²) in [6.45, 7) is 6.77. The predicted molar refractivity (Wildman–Crippen MR) is 104 cm³/mol. The zero-order chi connectivity index (χ0) is 17.8. The van der Waals surface area contributed by atoms with E-state index >= 15 is 0 Å². The van der Waals surface area contributed by atoms with Crippen molar-refractivity contribution in [1.82, 2.24) is 15.1 Å². The first-order chi connectivity index (χ1) is 12.1. The molecule has 0 radical (unpaired) electrons. The van der Waals surface area contributed by atoms with Crippen LogP contribution >= 0.6 is 0 Å². The van der Waals surface area contributed by atoms with Gasteiger partial charge < -0.3 is 20.2 Å². The molecule has 1 saturated carbocycles. The Balaban J connectivity index is 1.49. The van der Waals surface area contributed by atoms with E-state index in [0.29, 0.717) is 11.8 Å². The van der Waals surface area contributed by atoms with E-state index in [1.165, 1.54) is 12.8 Å². The second-order valence-corrected chi connectivity index (χ2v) is 7.14. The van der Waals surface area contributed by atoms with Crippen LogP contribution in [0.25, 0.3) is 0 Å². The van der Waals surface area contributed by atoms with Gasteiger partial charge in [-0.1, -0.05) is 12.1 Å². The largest absolute Gasteiger partial charge is 0.506 e. The quantitative estimate of drug-likeness (QED) is 0.627. The van der Waals surface area contributed by atoms with Gasteiger partial charge in [-0.3, -0.25) is 9.89 Å². The Labute approximate surface area is 151 Å². The monoisotopic (exact) mass is 345 g/mol. The molecule has 1 aromatic carbocycles. The molecule has 1 aromatic rings. The highest BCUT2D eigenvalue weighted by Gasteiger charge is 2.29. The minimum atomic E-state index is 0.357. The van der Waals surface area contributed by atoms with Gasteiger partial charge in [0.2, 0.25) is 0 Å². The lowest BCUT2D eigenvalue weighted by Gasteiger charge is -2.38. The number of phenols is 1. The summed E-state index contributed by atoms with van der Waals surface area (Å²) in [7, 11) is 4.07. The van der Waals surface area contributed by atoms with Crippen molar-refractivity contribution in [2.24, 2.45) is 4.99 Å². The van der Waals surface area contributed by atoms with Crippen molar-refractivity contribution in [1.29, 1.82) is 0 Å². The molecule has 1 aliphatic carbocycles. The second-order valence-electron chi connectivity index (χ2n) is 7.14. The highest BCUT2D eigenvalue weighted by Crippen LogP contribution is 2.27. The molecular formula is C19H31N5O. The Morgan fingerprint density at radius 1 is 1.28 bits per heavy atom. The van der Waals surface area contributed by atoms with Gasteiger partial charge in [0.05, 0.1) is 5.69 Å². The number of piperazine rings is 1. The van der Waals surface area contributed by atoms with E-state index in [1.807, 2.05) is 25.2 Å². The van der Waals surface area contributed by atoms with Gasteiger partial charge in [0.25, 0.3) is 0 Å². The van der Waals surface area contributed by atoms with Gasteiger partial charge in [-0.05, 0) is 38.9 Å². The van der Waals surface area contributed by atoms with E-state index in [-0.39, 0.29) is 0 Å². The molecule has 2 fully saturated rings. The number of likely N-dealkylation sites (N-methyl/N-ethyl adjacent to an activating group) is 1. The van der Waals surface area contributed by atoms with Gasteiger partial charge >= 0.3 is 0 Å². The third kappa shape index (κ3) is 4.37. The molecule has 0 bridgehead atoms. The average Bonchev–Trinajstić information content (AvgIpc) is 3.47. The number of benzene rings is 1. The van der Waals surface area contributed by atoms with Gasteiger partial charge in [0.15, 0.2) is 5.96 Å². The molecule has 1 saturated heterocycles. The number of aliphatic imine (C=N–C) groups is 1. The van der Waals surface area contributed by atoms with Crippen molar-refractivity contribution in [3.8, 4) is 5.75 Å². The lowest BCUT2D eigenvalue weighted by molar-refractivity contribution is 0.245. The van der Waals surface area contributed by atoms with E-state index in [2.05, 4.69) is 39.0 Å². The number of phenolic OH excluding ortho intramolecular Hbond substituents is 1. The van der Waals surface area contributed by atoms with Crippen molar-refractivity contribution in [2.45, 2.75) is 31.8 Å². The summed E-state index contributed by atoms with van der Waals surface area (Å²) < 4.78 is 0. The van der Waals surface area contributed by atoms with E-state index < -0.39 is 0 Å². The fraction of sp³-hybridized carbons (Fsp3) is 0.632. The van der Waals surface area contributed by atoms with Crippen molar-refractivity contribution < 1.29 is 5.11 Å². The van der Waals surface area contributed by atoms with Crippen LogP contribution in [0.2, 0.25) is 0 Å². The Bertz CT molecular complexity index is 593. The van der Waals surface area contributed by atoms with Crippen LogP contribution < -0.4 is 10.2 Å². The molecule has 2 N–H and O–H groups in total. The molecule has 0 amide bonds. The van der Waals surface area contributed by atoms with Gasteiger partial charge in [-0.25, -0.2) is 0 Å². The molecule has 1 unspecified atom stereocenters. The minimum absolute atomic E-state index is 0.357. The van der Waals surface area contributed by atoms with Crippen molar-refractivity contribution in [2.75, 3.05) is 51.7 Å². The van der Waals surface area contributed by atoms with Crippen LogP contribution in [-0.4, -0.2) is 79.8 Å². The number of hydrogen-bond donors (Lipinski definition) is 2. The molecule has 25 heavy (non-hydrogen) atoms. The summed E-state index contributed by atoms with van der Waals surface area (Å²) in [4.78, 5) is 11.5. The Kier molecular flexibility index (Phi) is 5.68. The summed E-state index contributed by atoms with van der Waals surface area (Å²) in [6.07, 6.45) is 2.67. The van der Waals surface area contributed by atoms with Crippen molar-refractivity contribution in [3.05, 3.63) is 24.3 Å². The number of aromatic hydroxyl groups is 1. The van der Waals surface area contributed by atoms with Crippen LogP contribution in [0.4, 0.5) is 5.69 Å². The average molecular weight is 345 g/mol. The first-order valence-corrected chi connectivity index (χ1v) is 9.30. The molecule has 0 spiro atoms. The van der Waals surface area contributed by atoms with Gasteiger partial charge in [0, 0.05) is 51.9 Å². The van der Waals surface area contributed by atoms with Crippen molar-refractivity contribution in [3.63, 3.8) is 0 Å². The number of nitrogens with zero attached hydrogens (tertiary/aromatic N) is 4. The minimum Gasteiger partial charge on any atom is -0.506 e. The molecule has 1 atom stereocenters. The van der Waals surface area contributed by atoms with Gasteiger partial charge in [-0.2, -0.15) is 0 Å². The predicted octanol–water partition coefficient (Wildman–Crippen LogP) is 1.57. The molecule has 1 aliphatic heterocycles. The summed E-state index contributed by atoms with van der Waals surface area (Å²) in [5, 5.41) is 13.6. The maximum absolute atomic E-state index is 10.0. The third-order valence-corrected chi connectivity index (χ3v) is 5.39. The lowest BCUT2D eigenvalue weighted by atomic mass is 10.2. The summed E-state index contributed by atoms with van der Waals surface area (Å²) in [5.41, 5.74) is 0.921. The van der Waals surface area contributed by atoms with Crippen LogP contribution in [0.1, 0.15) is 19.8 Å². The number of anilines is 1. The van der Waals surface area contributed by atoms with Crippen LogP contribution in [-0.2, 0) is 0 Å². The number of nitrogens with one attached hydrogen (secondary N) is 1. The fourth-order valence-electron chi connectivity index (χ4n) is 3.45. The van der Waals surface area contributed by atoms with Crippen molar-refractivity contribution >= 4 is 11.6 Å². The van der Waals surface area contributed by atoms with Crippen LogP contribution in [0.15, 0.2) is 29.3 Å². The van der Waals surface area contributed by atoms with E-state index in [1.54, 1.807) is 6.07 Å². The number of hydrogen-bond acceptors (Lipinski definition) is 4. The molecule has 6 heteroatoms. The maximum Gasteiger partial charge on any atom is 0.193 e. The lowest BCUT2D eigenvalue weighted by Crippen LogP contribution is -2.54. The molecular weight excluding hydrogens is 314 g/mol. The number of para-hydroxylation sites is 2. The molecule has 2 aliphatic rings. The first kappa shape index (κ1) is 17.9.